The normalized spacial score (nSPS) is 18.4. The van der Waals surface area contributed by atoms with Crippen molar-refractivity contribution in [2.75, 3.05) is 49.6 Å². The summed E-state index contributed by atoms with van der Waals surface area (Å²) < 4.78 is 21.8. The van der Waals surface area contributed by atoms with Crippen LogP contribution in [0.3, 0.4) is 0 Å². The molecule has 204 valence electrons. The third-order valence-electron chi connectivity index (χ3n) is 7.59. The van der Waals surface area contributed by atoms with Crippen molar-refractivity contribution < 1.29 is 13.9 Å². The van der Waals surface area contributed by atoms with Crippen LogP contribution in [0.25, 0.3) is 16.8 Å². The highest BCUT2D eigenvalue weighted by atomic mass is 31.1. The number of hydrogen-bond acceptors (Lipinski definition) is 4. The molecule has 2 aliphatic rings. The number of aryl methyl sites for hydroxylation is 3. The summed E-state index contributed by atoms with van der Waals surface area (Å²) in [5.74, 6) is 0.156. The zero-order chi connectivity index (χ0) is 27.0. The fraction of sp³-hybridized carbons (Fsp3) is 0.500. The van der Waals surface area contributed by atoms with Gasteiger partial charge in [0.25, 0.3) is 0 Å². The predicted molar refractivity (Wildman–Crippen MR) is 159 cm³/mol. The second kappa shape index (κ2) is 11.1. The molecular formula is C28H38FN5O2P2. The van der Waals surface area contributed by atoms with Crippen LogP contribution in [-0.2, 0) is 11.2 Å². The van der Waals surface area contributed by atoms with Gasteiger partial charge in [-0.3, -0.25) is 0 Å². The number of hydrogen-bond donors (Lipinski definition) is 1. The lowest BCUT2D eigenvalue weighted by Crippen LogP contribution is -2.36. The molecule has 38 heavy (non-hydrogen) atoms. The molecule has 2 aromatic heterocycles. The first kappa shape index (κ1) is 27.3. The predicted octanol–water partition coefficient (Wildman–Crippen LogP) is 5.63. The van der Waals surface area contributed by atoms with E-state index >= 15 is 0 Å². The van der Waals surface area contributed by atoms with Crippen molar-refractivity contribution in [1.82, 2.24) is 14.3 Å². The SMILES string of the molecule is CCc1cn2cc(-c3cc(NC(=O)N4CC[C@@H](CC(F)(P)P)C4)c(C)cc3C)cc(N3CCOCC3)c2n1. The summed E-state index contributed by atoms with van der Waals surface area (Å²) >= 11 is 0. The van der Waals surface area contributed by atoms with Gasteiger partial charge in [0, 0.05) is 49.8 Å². The molecule has 4 heterocycles. The highest BCUT2D eigenvalue weighted by Gasteiger charge is 2.31. The van der Waals surface area contributed by atoms with E-state index in [4.69, 9.17) is 9.72 Å². The third kappa shape index (κ3) is 5.98. The number of ether oxygens (including phenoxy) is 1. The first-order chi connectivity index (χ1) is 18.1. The van der Waals surface area contributed by atoms with Gasteiger partial charge in [0.15, 0.2) is 5.65 Å². The smallest absolute Gasteiger partial charge is 0.321 e. The summed E-state index contributed by atoms with van der Waals surface area (Å²) in [5.41, 5.74) is 8.22. The number of benzene rings is 1. The number of aromatic nitrogens is 2. The van der Waals surface area contributed by atoms with Crippen LogP contribution < -0.4 is 10.2 Å². The van der Waals surface area contributed by atoms with Crippen molar-refractivity contribution in [2.24, 2.45) is 5.92 Å². The van der Waals surface area contributed by atoms with E-state index in [0.29, 0.717) is 32.7 Å². The molecule has 1 N–H and O–H groups in total. The van der Waals surface area contributed by atoms with Gasteiger partial charge in [-0.25, -0.2) is 14.2 Å². The van der Waals surface area contributed by atoms with E-state index in [9.17, 15) is 9.18 Å². The van der Waals surface area contributed by atoms with E-state index in [0.717, 1.165) is 70.9 Å². The lowest BCUT2D eigenvalue weighted by Gasteiger charge is -2.29. The molecule has 0 bridgehead atoms. The summed E-state index contributed by atoms with van der Waals surface area (Å²) in [6.07, 6.45) is 6.33. The van der Waals surface area contributed by atoms with Crippen molar-refractivity contribution in [3.05, 3.63) is 47.4 Å². The zero-order valence-electron chi connectivity index (χ0n) is 22.5. The number of fused-ring (bicyclic) bond motifs is 1. The van der Waals surface area contributed by atoms with Crippen LogP contribution in [0.5, 0.6) is 0 Å². The molecule has 3 atom stereocenters. The number of urea groups is 1. The van der Waals surface area contributed by atoms with Gasteiger partial charge in [-0.2, -0.15) is 0 Å². The zero-order valence-corrected chi connectivity index (χ0v) is 24.8. The number of likely N-dealkylation sites (tertiary alicyclic amines) is 1. The number of nitrogens with zero attached hydrogens (tertiary/aromatic N) is 4. The number of rotatable bonds is 6. The van der Waals surface area contributed by atoms with Crippen molar-refractivity contribution in [3.63, 3.8) is 0 Å². The number of carbonyl (C=O) groups excluding carboxylic acids is 1. The van der Waals surface area contributed by atoms with Crippen LogP contribution in [0.4, 0.5) is 20.6 Å². The second-order valence-electron chi connectivity index (χ2n) is 10.7. The van der Waals surface area contributed by atoms with Gasteiger partial charge in [-0.15, -0.1) is 0 Å². The second-order valence-corrected chi connectivity index (χ2v) is 13.3. The lowest BCUT2D eigenvalue weighted by molar-refractivity contribution is 0.123. The number of anilines is 2. The van der Waals surface area contributed by atoms with Gasteiger partial charge in [0.2, 0.25) is 0 Å². The maximum Gasteiger partial charge on any atom is 0.321 e. The number of alkyl halides is 1. The van der Waals surface area contributed by atoms with Crippen LogP contribution in [0.15, 0.2) is 30.6 Å². The van der Waals surface area contributed by atoms with Gasteiger partial charge >= 0.3 is 6.03 Å². The van der Waals surface area contributed by atoms with Crippen molar-refractivity contribution >= 4 is 41.5 Å². The van der Waals surface area contributed by atoms with E-state index in [1.165, 1.54) is 0 Å². The molecule has 2 aliphatic heterocycles. The van der Waals surface area contributed by atoms with Gasteiger partial charge in [0.1, 0.15) is 5.15 Å². The third-order valence-corrected chi connectivity index (χ3v) is 8.07. The Balaban J connectivity index is 1.45. The first-order valence-corrected chi connectivity index (χ1v) is 14.6. The molecule has 10 heteroatoms. The Morgan fingerprint density at radius 3 is 2.63 bits per heavy atom. The molecule has 0 spiro atoms. The van der Waals surface area contributed by atoms with Gasteiger partial charge < -0.3 is 24.3 Å². The summed E-state index contributed by atoms with van der Waals surface area (Å²) in [5, 5.41) is 1.76. The van der Waals surface area contributed by atoms with Crippen molar-refractivity contribution in [2.45, 2.75) is 45.2 Å². The number of pyridine rings is 1. The number of nitrogens with one attached hydrogen (secondary N) is 1. The van der Waals surface area contributed by atoms with Crippen molar-refractivity contribution in [1.29, 1.82) is 0 Å². The minimum Gasteiger partial charge on any atom is -0.378 e. The highest BCUT2D eigenvalue weighted by molar-refractivity contribution is 7.39. The van der Waals surface area contributed by atoms with Crippen LogP contribution in [0, 0.1) is 19.8 Å². The Kier molecular flexibility index (Phi) is 7.96. The molecule has 3 aromatic rings. The average molecular weight is 558 g/mol. The molecule has 2 saturated heterocycles. The number of imidazole rings is 1. The van der Waals surface area contributed by atoms with E-state index in [1.54, 1.807) is 4.90 Å². The monoisotopic (exact) mass is 557 g/mol. The summed E-state index contributed by atoms with van der Waals surface area (Å²) in [6, 6.07) is 6.29. The fourth-order valence-corrected chi connectivity index (χ4v) is 6.27. The summed E-state index contributed by atoms with van der Waals surface area (Å²) in [4.78, 5) is 22.2. The van der Waals surface area contributed by atoms with E-state index in [1.807, 2.05) is 6.92 Å². The molecule has 7 nitrogen and oxygen atoms in total. The van der Waals surface area contributed by atoms with Gasteiger partial charge in [-0.1, -0.05) is 31.5 Å². The molecule has 1 aromatic carbocycles. The van der Waals surface area contributed by atoms with Crippen LogP contribution in [0.1, 0.15) is 36.6 Å². The fourth-order valence-electron chi connectivity index (χ4n) is 5.60. The number of amides is 2. The van der Waals surface area contributed by atoms with Crippen LogP contribution in [0.2, 0.25) is 0 Å². The van der Waals surface area contributed by atoms with E-state index < -0.39 is 5.15 Å². The van der Waals surface area contributed by atoms with Gasteiger partial charge in [-0.05, 0) is 67.9 Å². The molecule has 2 amide bonds. The Hall–Kier alpha value is -2.27. The lowest BCUT2D eigenvalue weighted by atomic mass is 9.98. The van der Waals surface area contributed by atoms with E-state index in [-0.39, 0.29) is 11.9 Å². The maximum atomic E-state index is 14.1. The Bertz CT molecular complexity index is 1330. The molecule has 0 radical (unpaired) electrons. The van der Waals surface area contributed by atoms with Crippen molar-refractivity contribution in [3.8, 4) is 11.1 Å². The molecule has 2 fully saturated rings. The van der Waals surface area contributed by atoms with E-state index in [2.05, 4.69) is 77.5 Å². The maximum absolute atomic E-state index is 14.1. The van der Waals surface area contributed by atoms with Gasteiger partial charge in [0.05, 0.1) is 24.6 Å². The number of carbonyl (C=O) groups is 1. The molecular weight excluding hydrogens is 519 g/mol. The minimum atomic E-state index is -1.38. The Morgan fingerprint density at radius 2 is 1.92 bits per heavy atom. The molecule has 5 rings (SSSR count). The highest BCUT2D eigenvalue weighted by Crippen LogP contribution is 2.38. The quantitative estimate of drug-likeness (QED) is 0.399. The number of halogens is 1. The van der Waals surface area contributed by atoms with Crippen LogP contribution >= 0.6 is 18.5 Å². The topological polar surface area (TPSA) is 62.1 Å². The minimum absolute atomic E-state index is 0.131. The Morgan fingerprint density at radius 1 is 1.16 bits per heavy atom. The van der Waals surface area contributed by atoms with Crippen LogP contribution in [-0.4, -0.2) is 64.9 Å². The first-order valence-electron chi connectivity index (χ1n) is 13.4. The summed E-state index contributed by atoms with van der Waals surface area (Å²) in [7, 11) is 4.47. The largest absolute Gasteiger partial charge is 0.378 e. The average Bonchev–Trinajstić information content (AvgIpc) is 3.51. The standard InChI is InChI=1S/C28H38FN5O2P2/c1-4-22-17-34-16-21(12-25(26(34)30-22)32-7-9-36-10-8-32)23-13-24(19(3)11-18(23)2)31-27(35)33-6-5-20(15-33)14-28(29,37)38/h11-13,16-17,20H,4-10,14-15,37-38H2,1-3H3,(H,31,35)/t20-/m0/s1. The molecule has 2 unspecified atom stereocenters. The molecule has 0 saturated carbocycles. The number of morpholine rings is 1. The molecule has 0 aliphatic carbocycles. The summed E-state index contributed by atoms with van der Waals surface area (Å²) in [6.45, 7) is 10.5. The Labute approximate surface area is 228 Å².